The molecule has 8 heteroatoms. The lowest BCUT2D eigenvalue weighted by atomic mass is 10.1. The van der Waals surface area contributed by atoms with Gasteiger partial charge in [0.2, 0.25) is 0 Å². The van der Waals surface area contributed by atoms with Crippen molar-refractivity contribution < 1.29 is 19.0 Å². The number of carbonyl (C=O) groups is 1. The summed E-state index contributed by atoms with van der Waals surface area (Å²) < 4.78 is 17.0. The van der Waals surface area contributed by atoms with Gasteiger partial charge in [0, 0.05) is 43.8 Å². The first-order valence-electron chi connectivity index (χ1n) is 12.4. The second-order valence-corrected chi connectivity index (χ2v) is 9.56. The first-order chi connectivity index (χ1) is 17.9. The van der Waals surface area contributed by atoms with Crippen LogP contribution in [0.3, 0.4) is 0 Å². The Morgan fingerprint density at radius 2 is 1.73 bits per heavy atom. The molecule has 1 atom stereocenters. The maximum Gasteiger partial charge on any atom is 0.322 e. The predicted molar refractivity (Wildman–Crippen MR) is 147 cm³/mol. The number of amides is 2. The van der Waals surface area contributed by atoms with Crippen LogP contribution < -0.4 is 14.8 Å². The molecule has 1 saturated heterocycles. The first kappa shape index (κ1) is 26.8. The molecule has 1 N–H and O–H groups in total. The largest absolute Gasteiger partial charge is 0.497 e. The number of piperazine rings is 1. The molecule has 4 rings (SSSR count). The highest BCUT2D eigenvalue weighted by Crippen LogP contribution is 2.29. The molecule has 0 radical (unpaired) electrons. The summed E-state index contributed by atoms with van der Waals surface area (Å²) in [5.74, 6) is 1.23. The minimum absolute atomic E-state index is 0.110. The molecular weight excluding hydrogens is 490 g/mol. The minimum atomic E-state index is -0.145. The van der Waals surface area contributed by atoms with E-state index in [4.69, 9.17) is 25.8 Å². The number of anilines is 1. The summed E-state index contributed by atoms with van der Waals surface area (Å²) in [6.07, 6.45) is -0.110. The Kier molecular flexibility index (Phi) is 9.28. The lowest BCUT2D eigenvalue weighted by molar-refractivity contribution is 0.00592. The predicted octanol–water partition coefficient (Wildman–Crippen LogP) is 5.77. The molecule has 2 amide bonds. The van der Waals surface area contributed by atoms with E-state index in [1.54, 1.807) is 32.4 Å². The first-order valence-corrected chi connectivity index (χ1v) is 12.8. The number of ether oxygens (including phenoxy) is 3. The standard InChI is InChI=1S/C29H34ClN3O4/c1-21-5-4-6-22(17-21)20-37-28(23-7-9-24(30)10-8-23)19-32-13-15-33(16-14-32)29(34)31-26-12-11-25(35-2)18-27(26)36-3/h4-12,17-18,28H,13-16,19-20H2,1-3H3,(H,31,34). The van der Waals surface area contributed by atoms with Crippen LogP contribution in [-0.4, -0.2) is 62.8 Å². The average molecular weight is 524 g/mol. The van der Waals surface area contributed by atoms with Gasteiger partial charge in [0.1, 0.15) is 11.5 Å². The topological polar surface area (TPSA) is 63.3 Å². The number of aryl methyl sites for hydroxylation is 1. The van der Waals surface area contributed by atoms with Crippen molar-refractivity contribution in [2.75, 3.05) is 52.3 Å². The van der Waals surface area contributed by atoms with Gasteiger partial charge in [-0.25, -0.2) is 4.79 Å². The maximum atomic E-state index is 12.9. The van der Waals surface area contributed by atoms with E-state index >= 15 is 0 Å². The summed E-state index contributed by atoms with van der Waals surface area (Å²) in [6, 6.07) is 21.4. The number of hydrogen-bond donors (Lipinski definition) is 1. The average Bonchev–Trinajstić information content (AvgIpc) is 2.92. The van der Waals surface area contributed by atoms with Crippen LogP contribution in [0.15, 0.2) is 66.7 Å². The highest BCUT2D eigenvalue weighted by Gasteiger charge is 2.25. The van der Waals surface area contributed by atoms with Gasteiger partial charge < -0.3 is 24.4 Å². The van der Waals surface area contributed by atoms with Gasteiger partial charge in [-0.2, -0.15) is 0 Å². The smallest absolute Gasteiger partial charge is 0.322 e. The van der Waals surface area contributed by atoms with E-state index in [9.17, 15) is 4.79 Å². The molecule has 0 aliphatic carbocycles. The third kappa shape index (κ3) is 7.38. The van der Waals surface area contributed by atoms with Gasteiger partial charge in [-0.1, -0.05) is 53.6 Å². The van der Waals surface area contributed by atoms with Gasteiger partial charge >= 0.3 is 6.03 Å². The number of nitrogens with one attached hydrogen (secondary N) is 1. The van der Waals surface area contributed by atoms with Crippen molar-refractivity contribution in [1.29, 1.82) is 0 Å². The summed E-state index contributed by atoms with van der Waals surface area (Å²) in [5, 5.41) is 3.67. The summed E-state index contributed by atoms with van der Waals surface area (Å²) in [4.78, 5) is 17.1. The zero-order valence-corrected chi connectivity index (χ0v) is 22.3. The van der Waals surface area contributed by atoms with E-state index in [1.165, 1.54) is 5.56 Å². The lowest BCUT2D eigenvalue weighted by Crippen LogP contribution is -2.50. The SMILES string of the molecule is COc1ccc(NC(=O)N2CCN(CC(OCc3cccc(C)c3)c3ccc(Cl)cc3)CC2)c(OC)c1. The molecule has 3 aromatic carbocycles. The number of halogens is 1. The van der Waals surface area contributed by atoms with Crippen LogP contribution in [0.4, 0.5) is 10.5 Å². The van der Waals surface area contributed by atoms with E-state index in [1.807, 2.05) is 29.2 Å². The van der Waals surface area contributed by atoms with Crippen LogP contribution >= 0.6 is 11.6 Å². The second kappa shape index (κ2) is 12.8. The molecular formula is C29H34ClN3O4. The molecule has 3 aromatic rings. The van der Waals surface area contributed by atoms with E-state index in [2.05, 4.69) is 41.4 Å². The van der Waals surface area contributed by atoms with Crippen LogP contribution in [0.1, 0.15) is 22.8 Å². The molecule has 1 unspecified atom stereocenters. The van der Waals surface area contributed by atoms with Crippen molar-refractivity contribution in [3.05, 3.63) is 88.4 Å². The summed E-state index contributed by atoms with van der Waals surface area (Å²) >= 11 is 6.13. The molecule has 1 aliphatic heterocycles. The summed E-state index contributed by atoms with van der Waals surface area (Å²) in [6.45, 7) is 6.10. The number of rotatable bonds is 9. The van der Waals surface area contributed by atoms with Gasteiger partial charge in [0.15, 0.2) is 0 Å². The van der Waals surface area contributed by atoms with E-state index in [0.717, 1.165) is 30.8 Å². The van der Waals surface area contributed by atoms with Gasteiger partial charge in [0.25, 0.3) is 0 Å². The van der Waals surface area contributed by atoms with Crippen molar-refractivity contribution >= 4 is 23.3 Å². The third-order valence-corrected chi connectivity index (χ3v) is 6.76. The molecule has 0 saturated carbocycles. The minimum Gasteiger partial charge on any atom is -0.497 e. The highest BCUT2D eigenvalue weighted by atomic mass is 35.5. The van der Waals surface area contributed by atoms with Gasteiger partial charge in [-0.3, -0.25) is 4.90 Å². The number of hydrogen-bond acceptors (Lipinski definition) is 5. The van der Waals surface area contributed by atoms with Crippen LogP contribution in [0, 0.1) is 6.92 Å². The van der Waals surface area contributed by atoms with E-state index in [-0.39, 0.29) is 12.1 Å². The monoisotopic (exact) mass is 523 g/mol. The van der Waals surface area contributed by atoms with Gasteiger partial charge in [0.05, 0.1) is 32.6 Å². The van der Waals surface area contributed by atoms with Crippen molar-refractivity contribution in [1.82, 2.24) is 9.80 Å². The Morgan fingerprint density at radius 1 is 0.973 bits per heavy atom. The van der Waals surface area contributed by atoms with Crippen molar-refractivity contribution in [2.45, 2.75) is 19.6 Å². The van der Waals surface area contributed by atoms with E-state index in [0.29, 0.717) is 41.9 Å². The van der Waals surface area contributed by atoms with Crippen LogP contribution in [0.2, 0.25) is 5.02 Å². The lowest BCUT2D eigenvalue weighted by Gasteiger charge is -2.36. The molecule has 0 bridgehead atoms. The van der Waals surface area contributed by atoms with Crippen molar-refractivity contribution in [3.63, 3.8) is 0 Å². The zero-order chi connectivity index (χ0) is 26.2. The summed E-state index contributed by atoms with van der Waals surface area (Å²) in [5.41, 5.74) is 4.06. The molecule has 7 nitrogen and oxygen atoms in total. The number of methoxy groups -OCH3 is 2. The van der Waals surface area contributed by atoms with Crippen LogP contribution in [0.25, 0.3) is 0 Å². The Morgan fingerprint density at radius 3 is 2.41 bits per heavy atom. The third-order valence-electron chi connectivity index (χ3n) is 6.51. The highest BCUT2D eigenvalue weighted by molar-refractivity contribution is 6.30. The molecule has 196 valence electrons. The maximum absolute atomic E-state index is 12.9. The zero-order valence-electron chi connectivity index (χ0n) is 21.6. The Bertz CT molecular complexity index is 1180. The number of carbonyl (C=O) groups excluding carboxylic acids is 1. The number of benzene rings is 3. The molecule has 1 fully saturated rings. The van der Waals surface area contributed by atoms with Gasteiger partial charge in [-0.15, -0.1) is 0 Å². The molecule has 37 heavy (non-hydrogen) atoms. The van der Waals surface area contributed by atoms with Crippen molar-refractivity contribution in [2.24, 2.45) is 0 Å². The van der Waals surface area contributed by atoms with Crippen molar-refractivity contribution in [3.8, 4) is 11.5 Å². The molecule has 1 heterocycles. The quantitative estimate of drug-likeness (QED) is 0.385. The molecule has 0 aromatic heterocycles. The Labute approximate surface area is 223 Å². The Hall–Kier alpha value is -3.26. The molecule has 0 spiro atoms. The fraction of sp³-hybridized carbons (Fsp3) is 0.345. The van der Waals surface area contributed by atoms with Gasteiger partial charge in [-0.05, 0) is 42.3 Å². The number of urea groups is 1. The molecule has 1 aliphatic rings. The summed E-state index contributed by atoms with van der Waals surface area (Å²) in [7, 11) is 3.17. The fourth-order valence-electron chi connectivity index (χ4n) is 4.39. The fourth-order valence-corrected chi connectivity index (χ4v) is 4.52. The number of nitrogens with zero attached hydrogens (tertiary/aromatic N) is 2. The Balaban J connectivity index is 1.35. The van der Waals surface area contributed by atoms with Crippen LogP contribution in [-0.2, 0) is 11.3 Å². The normalized spacial score (nSPS) is 14.8. The second-order valence-electron chi connectivity index (χ2n) is 9.12. The van der Waals surface area contributed by atoms with Crippen LogP contribution in [0.5, 0.6) is 11.5 Å². The van der Waals surface area contributed by atoms with E-state index < -0.39 is 0 Å².